The summed E-state index contributed by atoms with van der Waals surface area (Å²) in [6, 6.07) is 5.75. The summed E-state index contributed by atoms with van der Waals surface area (Å²) >= 11 is 6.25. The van der Waals surface area contributed by atoms with Crippen LogP contribution in [0.2, 0.25) is 0 Å². The maximum atomic E-state index is 10.9. The Bertz CT molecular complexity index is 752. The molecule has 0 saturated carbocycles. The lowest BCUT2D eigenvalue weighted by molar-refractivity contribution is -0.420. The van der Waals surface area contributed by atoms with E-state index in [1.165, 1.54) is 12.3 Å². The van der Waals surface area contributed by atoms with Crippen molar-refractivity contribution in [1.29, 1.82) is 0 Å². The van der Waals surface area contributed by atoms with Crippen molar-refractivity contribution in [3.8, 4) is 0 Å². The monoisotopic (exact) mass is 304 g/mol. The van der Waals surface area contributed by atoms with Crippen LogP contribution < -0.4 is 0 Å². The third-order valence-electron chi connectivity index (χ3n) is 3.58. The Morgan fingerprint density at radius 2 is 2.33 bits per heavy atom. The van der Waals surface area contributed by atoms with Gasteiger partial charge >= 0.3 is 0 Å². The fourth-order valence-corrected chi connectivity index (χ4v) is 2.66. The van der Waals surface area contributed by atoms with Crippen LogP contribution in [0.25, 0.3) is 11.0 Å². The molecule has 1 unspecified atom stereocenters. The molecule has 0 aliphatic carbocycles. The minimum absolute atomic E-state index is 0.0290. The van der Waals surface area contributed by atoms with Crippen LogP contribution in [0.5, 0.6) is 0 Å². The molecule has 0 spiro atoms. The van der Waals surface area contributed by atoms with Crippen LogP contribution in [0.15, 0.2) is 48.6 Å². The van der Waals surface area contributed by atoms with Gasteiger partial charge in [-0.05, 0) is 30.7 Å². The number of allylic oxidation sites excluding steroid dienone is 1. The Balaban J connectivity index is 1.94. The standard InChI is InChI=1S/C14H13ClN4O2/c1-9(10-2-4-12-13(6-10)17-8-16-12)18-7-11(19(20)21)3-5-14(18)15/h2-9,14H,1H3,(H,16,17)/t9?,14-/m1/s1. The van der Waals surface area contributed by atoms with Crippen molar-refractivity contribution in [3.05, 3.63) is 64.3 Å². The van der Waals surface area contributed by atoms with Gasteiger partial charge in [0.15, 0.2) is 0 Å². The molecule has 0 fully saturated rings. The SMILES string of the molecule is CC(c1ccc2nc[nH]c2c1)N1C=C([N+](=O)[O-])C=C[C@@H]1Cl. The zero-order chi connectivity index (χ0) is 15.0. The Hall–Kier alpha value is -2.34. The Morgan fingerprint density at radius 3 is 3.10 bits per heavy atom. The molecule has 6 nitrogen and oxygen atoms in total. The van der Waals surface area contributed by atoms with Gasteiger partial charge in [0, 0.05) is 6.08 Å². The number of nitro groups is 1. The van der Waals surface area contributed by atoms with Crippen molar-refractivity contribution >= 4 is 22.6 Å². The molecule has 1 aliphatic heterocycles. The average Bonchev–Trinajstić information content (AvgIpc) is 2.94. The van der Waals surface area contributed by atoms with Crippen molar-refractivity contribution < 1.29 is 4.92 Å². The zero-order valence-corrected chi connectivity index (χ0v) is 12.0. The third kappa shape index (κ3) is 2.50. The number of hydrogen-bond acceptors (Lipinski definition) is 4. The summed E-state index contributed by atoms with van der Waals surface area (Å²) in [5.74, 6) is 0. The van der Waals surface area contributed by atoms with E-state index in [0.29, 0.717) is 0 Å². The van der Waals surface area contributed by atoms with Gasteiger partial charge in [-0.2, -0.15) is 0 Å². The van der Waals surface area contributed by atoms with E-state index in [0.717, 1.165) is 16.6 Å². The van der Waals surface area contributed by atoms with E-state index >= 15 is 0 Å². The molecule has 2 aromatic rings. The molecule has 21 heavy (non-hydrogen) atoms. The normalized spacial score (nSPS) is 19.6. The van der Waals surface area contributed by atoms with E-state index in [2.05, 4.69) is 9.97 Å². The Morgan fingerprint density at radius 1 is 1.52 bits per heavy atom. The molecule has 0 radical (unpaired) electrons. The van der Waals surface area contributed by atoms with Gasteiger partial charge in [0.2, 0.25) is 0 Å². The lowest BCUT2D eigenvalue weighted by Crippen LogP contribution is -2.30. The van der Waals surface area contributed by atoms with Crippen molar-refractivity contribution in [2.45, 2.75) is 18.5 Å². The van der Waals surface area contributed by atoms with Gasteiger partial charge in [0.05, 0.1) is 34.5 Å². The molecule has 0 amide bonds. The van der Waals surface area contributed by atoms with Crippen molar-refractivity contribution in [2.24, 2.45) is 0 Å². The summed E-state index contributed by atoms with van der Waals surface area (Å²) in [6.07, 6.45) is 6.17. The van der Waals surface area contributed by atoms with E-state index in [1.54, 1.807) is 17.3 Å². The third-order valence-corrected chi connectivity index (χ3v) is 3.95. The number of benzene rings is 1. The van der Waals surface area contributed by atoms with Crippen LogP contribution >= 0.6 is 11.6 Å². The second kappa shape index (κ2) is 5.21. The summed E-state index contributed by atoms with van der Waals surface area (Å²) in [6.45, 7) is 1.96. The van der Waals surface area contributed by atoms with E-state index < -0.39 is 10.4 Å². The summed E-state index contributed by atoms with van der Waals surface area (Å²) in [5, 5.41) is 10.9. The lowest BCUT2D eigenvalue weighted by Gasteiger charge is -2.32. The molecular weight excluding hydrogens is 292 g/mol. The van der Waals surface area contributed by atoms with Gasteiger partial charge in [-0.25, -0.2) is 4.98 Å². The molecule has 0 saturated heterocycles. The zero-order valence-electron chi connectivity index (χ0n) is 11.2. The minimum atomic E-state index is -0.420. The van der Waals surface area contributed by atoms with Gasteiger partial charge in [-0.3, -0.25) is 10.1 Å². The highest BCUT2D eigenvalue weighted by atomic mass is 35.5. The van der Waals surface area contributed by atoms with E-state index in [-0.39, 0.29) is 11.7 Å². The number of nitrogens with one attached hydrogen (secondary N) is 1. The first kappa shape index (κ1) is 13.6. The number of fused-ring (bicyclic) bond motifs is 1. The molecular formula is C14H13ClN4O2. The number of H-pyrrole nitrogens is 1. The molecule has 2 atom stereocenters. The average molecular weight is 305 g/mol. The molecule has 1 N–H and O–H groups in total. The predicted molar refractivity (Wildman–Crippen MR) is 80.2 cm³/mol. The van der Waals surface area contributed by atoms with Crippen LogP contribution in [-0.2, 0) is 0 Å². The topological polar surface area (TPSA) is 75.1 Å². The van der Waals surface area contributed by atoms with E-state index in [1.807, 2.05) is 25.1 Å². The molecule has 1 aromatic carbocycles. The maximum absolute atomic E-state index is 10.9. The number of aromatic amines is 1. The Kier molecular flexibility index (Phi) is 3.39. The quantitative estimate of drug-likeness (QED) is 0.409. The number of halogens is 1. The van der Waals surface area contributed by atoms with E-state index in [4.69, 9.17) is 11.6 Å². The Labute approximate surface area is 125 Å². The van der Waals surface area contributed by atoms with Gasteiger partial charge in [0.25, 0.3) is 5.70 Å². The second-order valence-electron chi connectivity index (χ2n) is 4.85. The molecule has 108 valence electrons. The van der Waals surface area contributed by atoms with Crippen LogP contribution in [0.4, 0.5) is 0 Å². The van der Waals surface area contributed by atoms with Gasteiger partial charge in [-0.1, -0.05) is 17.7 Å². The molecule has 1 aromatic heterocycles. The minimum Gasteiger partial charge on any atom is -0.345 e. The summed E-state index contributed by atoms with van der Waals surface area (Å²) in [7, 11) is 0. The van der Waals surface area contributed by atoms with Crippen LogP contribution in [0, 0.1) is 10.1 Å². The summed E-state index contributed by atoms with van der Waals surface area (Å²) in [4.78, 5) is 19.5. The maximum Gasteiger partial charge on any atom is 0.284 e. The van der Waals surface area contributed by atoms with Gasteiger partial charge in [0.1, 0.15) is 5.50 Å². The first-order valence-electron chi connectivity index (χ1n) is 6.45. The molecule has 1 aliphatic rings. The second-order valence-corrected chi connectivity index (χ2v) is 5.29. The van der Waals surface area contributed by atoms with Crippen LogP contribution in [0.1, 0.15) is 18.5 Å². The fourth-order valence-electron chi connectivity index (χ4n) is 2.36. The van der Waals surface area contributed by atoms with Crippen molar-refractivity contribution in [2.75, 3.05) is 0 Å². The van der Waals surface area contributed by atoms with Crippen LogP contribution in [-0.4, -0.2) is 25.3 Å². The number of alkyl halides is 1. The largest absolute Gasteiger partial charge is 0.345 e. The summed E-state index contributed by atoms with van der Waals surface area (Å²) in [5.41, 5.74) is 2.43. The molecule has 7 heteroatoms. The number of aromatic nitrogens is 2. The highest BCUT2D eigenvalue weighted by Crippen LogP contribution is 2.29. The van der Waals surface area contributed by atoms with Gasteiger partial charge in [-0.15, -0.1) is 0 Å². The highest BCUT2D eigenvalue weighted by molar-refractivity contribution is 6.21. The number of rotatable bonds is 3. The first-order chi connectivity index (χ1) is 10.1. The van der Waals surface area contributed by atoms with Crippen LogP contribution in [0.3, 0.4) is 0 Å². The molecule has 2 heterocycles. The number of hydrogen-bond donors (Lipinski definition) is 1. The van der Waals surface area contributed by atoms with Crippen molar-refractivity contribution in [3.63, 3.8) is 0 Å². The highest BCUT2D eigenvalue weighted by Gasteiger charge is 2.25. The van der Waals surface area contributed by atoms with E-state index in [9.17, 15) is 10.1 Å². The summed E-state index contributed by atoms with van der Waals surface area (Å²) < 4.78 is 0. The number of imidazole rings is 1. The predicted octanol–water partition coefficient (Wildman–Crippen LogP) is 3.18. The van der Waals surface area contributed by atoms with Gasteiger partial charge < -0.3 is 9.88 Å². The smallest absolute Gasteiger partial charge is 0.284 e. The molecule has 0 bridgehead atoms. The first-order valence-corrected chi connectivity index (χ1v) is 6.89. The lowest BCUT2D eigenvalue weighted by atomic mass is 10.1. The molecule has 3 rings (SSSR count). The number of nitrogens with zero attached hydrogens (tertiary/aromatic N) is 3. The fraction of sp³-hybridized carbons (Fsp3) is 0.214. The van der Waals surface area contributed by atoms with Crippen molar-refractivity contribution in [1.82, 2.24) is 14.9 Å².